The third kappa shape index (κ3) is 7.38. The molecule has 1 heterocycles. The van der Waals surface area contributed by atoms with Crippen LogP contribution in [0.3, 0.4) is 0 Å². The van der Waals surface area contributed by atoms with Crippen LogP contribution >= 0.6 is 0 Å². The van der Waals surface area contributed by atoms with Crippen LogP contribution in [0.1, 0.15) is 83.3 Å². The van der Waals surface area contributed by atoms with Gasteiger partial charge in [0.2, 0.25) is 5.91 Å². The SMILES string of the molecule is CCC[C@H](NC1CCc2cc(F)cc(F)c2C1)C(=O)Nc1cn(C(C)(C)CNCC2CCCCC2)cn1. The number of halogens is 2. The molecule has 0 radical (unpaired) electrons. The molecule has 1 amide bonds. The van der Waals surface area contributed by atoms with Crippen molar-refractivity contribution in [3.05, 3.63) is 47.4 Å². The first kappa shape index (κ1) is 27.7. The van der Waals surface area contributed by atoms with Gasteiger partial charge in [-0.25, -0.2) is 13.8 Å². The maximum Gasteiger partial charge on any atom is 0.242 e. The van der Waals surface area contributed by atoms with E-state index in [-0.39, 0.29) is 17.5 Å². The average Bonchev–Trinajstić information content (AvgIpc) is 3.34. The van der Waals surface area contributed by atoms with Crippen molar-refractivity contribution in [3.8, 4) is 0 Å². The maximum atomic E-state index is 14.3. The Morgan fingerprint density at radius 3 is 2.73 bits per heavy atom. The lowest BCUT2D eigenvalue weighted by atomic mass is 9.87. The maximum absolute atomic E-state index is 14.3. The van der Waals surface area contributed by atoms with Crippen molar-refractivity contribution in [2.75, 3.05) is 18.4 Å². The molecule has 1 unspecified atom stereocenters. The molecular formula is C29H43F2N5O. The van der Waals surface area contributed by atoms with Crippen LogP contribution in [-0.4, -0.2) is 40.6 Å². The number of hydrogen-bond donors (Lipinski definition) is 3. The van der Waals surface area contributed by atoms with Gasteiger partial charge in [-0.15, -0.1) is 0 Å². The Labute approximate surface area is 220 Å². The van der Waals surface area contributed by atoms with Gasteiger partial charge in [-0.1, -0.05) is 32.6 Å². The summed E-state index contributed by atoms with van der Waals surface area (Å²) in [4.78, 5) is 17.6. The van der Waals surface area contributed by atoms with E-state index in [1.165, 1.54) is 38.2 Å². The summed E-state index contributed by atoms with van der Waals surface area (Å²) in [5.41, 5.74) is 1.11. The summed E-state index contributed by atoms with van der Waals surface area (Å²) in [7, 11) is 0. The fraction of sp³-hybridized carbons (Fsp3) is 0.655. The number of aromatic nitrogens is 2. The number of nitrogens with zero attached hydrogens (tertiary/aromatic N) is 2. The highest BCUT2D eigenvalue weighted by Crippen LogP contribution is 2.26. The van der Waals surface area contributed by atoms with Gasteiger partial charge in [0.25, 0.3) is 0 Å². The second kappa shape index (κ2) is 12.5. The number of hydrogen-bond acceptors (Lipinski definition) is 4. The second-order valence-electron chi connectivity index (χ2n) is 11.6. The van der Waals surface area contributed by atoms with Gasteiger partial charge in [0, 0.05) is 24.8 Å². The summed E-state index contributed by atoms with van der Waals surface area (Å²) in [5, 5.41) is 10.1. The molecule has 2 aliphatic rings. The normalized spacial score (nSPS) is 19.4. The van der Waals surface area contributed by atoms with Crippen molar-refractivity contribution in [2.45, 2.75) is 103 Å². The van der Waals surface area contributed by atoms with Gasteiger partial charge in [0.05, 0.1) is 17.9 Å². The zero-order valence-corrected chi connectivity index (χ0v) is 22.6. The number of benzene rings is 1. The van der Waals surface area contributed by atoms with Gasteiger partial charge in [-0.05, 0) is 82.0 Å². The first-order chi connectivity index (χ1) is 17.7. The van der Waals surface area contributed by atoms with E-state index in [1.54, 1.807) is 6.33 Å². The smallest absolute Gasteiger partial charge is 0.242 e. The van der Waals surface area contributed by atoms with E-state index in [4.69, 9.17) is 0 Å². The van der Waals surface area contributed by atoms with Crippen LogP contribution in [0.2, 0.25) is 0 Å². The molecule has 1 aromatic heterocycles. The summed E-state index contributed by atoms with van der Waals surface area (Å²) in [5.74, 6) is 0.142. The minimum Gasteiger partial charge on any atom is -0.328 e. The molecular weight excluding hydrogens is 472 g/mol. The van der Waals surface area contributed by atoms with Gasteiger partial charge >= 0.3 is 0 Å². The molecule has 8 heteroatoms. The van der Waals surface area contributed by atoms with E-state index in [9.17, 15) is 13.6 Å². The van der Waals surface area contributed by atoms with Crippen molar-refractivity contribution in [3.63, 3.8) is 0 Å². The minimum atomic E-state index is -0.534. The van der Waals surface area contributed by atoms with Gasteiger partial charge in [0.15, 0.2) is 5.82 Å². The monoisotopic (exact) mass is 515 g/mol. The Bertz CT molecular complexity index is 1050. The lowest BCUT2D eigenvalue weighted by molar-refractivity contribution is -0.118. The van der Waals surface area contributed by atoms with Gasteiger partial charge in [-0.3, -0.25) is 4.79 Å². The Morgan fingerprint density at radius 1 is 1.19 bits per heavy atom. The van der Waals surface area contributed by atoms with E-state index in [1.807, 2.05) is 13.1 Å². The Balaban J connectivity index is 1.31. The Hall–Kier alpha value is -2.32. The number of nitrogens with one attached hydrogen (secondary N) is 3. The standard InChI is InChI=1S/C29H43F2N5O/c1-4-8-26(34-23-12-11-21-13-22(30)14-25(31)24(21)15-23)28(37)35-27-17-36(19-33-27)29(2,3)18-32-16-20-9-6-5-7-10-20/h13-14,17,19-20,23,26,32,34H,4-12,15-16,18H2,1-3H3,(H,35,37)/t23?,26-/m0/s1. The Kier molecular flexibility index (Phi) is 9.35. The lowest BCUT2D eigenvalue weighted by Gasteiger charge is -2.29. The zero-order chi connectivity index (χ0) is 26.4. The fourth-order valence-corrected chi connectivity index (χ4v) is 5.79. The number of aryl methyl sites for hydroxylation is 1. The molecule has 1 saturated carbocycles. The largest absolute Gasteiger partial charge is 0.328 e. The fourth-order valence-electron chi connectivity index (χ4n) is 5.79. The summed E-state index contributed by atoms with van der Waals surface area (Å²) in [6.07, 6.45) is 13.7. The van der Waals surface area contributed by atoms with Gasteiger partial charge < -0.3 is 20.5 Å². The number of carbonyl (C=O) groups excluding carboxylic acids is 1. The van der Waals surface area contributed by atoms with Crippen LogP contribution in [0, 0.1) is 17.6 Å². The number of carbonyl (C=O) groups is 1. The molecule has 0 spiro atoms. The molecule has 1 fully saturated rings. The third-order valence-corrected chi connectivity index (χ3v) is 8.04. The van der Waals surface area contributed by atoms with Crippen LogP contribution < -0.4 is 16.0 Å². The van der Waals surface area contributed by atoms with E-state index < -0.39 is 17.7 Å². The van der Waals surface area contributed by atoms with Crippen molar-refractivity contribution in [1.29, 1.82) is 0 Å². The van der Waals surface area contributed by atoms with Crippen LogP contribution in [0.15, 0.2) is 24.7 Å². The molecule has 0 bridgehead atoms. The molecule has 1 aromatic carbocycles. The quantitative estimate of drug-likeness (QED) is 0.379. The van der Waals surface area contributed by atoms with Crippen molar-refractivity contribution >= 4 is 11.7 Å². The summed E-state index contributed by atoms with van der Waals surface area (Å²) >= 11 is 0. The highest BCUT2D eigenvalue weighted by molar-refractivity contribution is 5.94. The number of amides is 1. The third-order valence-electron chi connectivity index (χ3n) is 8.04. The lowest BCUT2D eigenvalue weighted by Crippen LogP contribution is -2.48. The van der Waals surface area contributed by atoms with Crippen molar-refractivity contribution in [2.24, 2.45) is 5.92 Å². The van der Waals surface area contributed by atoms with Crippen molar-refractivity contribution in [1.82, 2.24) is 20.2 Å². The summed E-state index contributed by atoms with van der Waals surface area (Å²) in [6.45, 7) is 8.26. The number of rotatable bonds is 11. The van der Waals surface area contributed by atoms with E-state index in [0.717, 1.165) is 43.5 Å². The molecule has 204 valence electrons. The predicted molar refractivity (Wildman–Crippen MR) is 144 cm³/mol. The molecule has 4 rings (SSSR count). The topological polar surface area (TPSA) is 71.0 Å². The number of fused-ring (bicyclic) bond motifs is 1. The van der Waals surface area contributed by atoms with Gasteiger partial charge in [-0.2, -0.15) is 0 Å². The molecule has 2 aromatic rings. The van der Waals surface area contributed by atoms with Crippen LogP contribution in [-0.2, 0) is 23.2 Å². The van der Waals surface area contributed by atoms with Gasteiger partial charge in [0.1, 0.15) is 11.6 Å². The first-order valence-corrected chi connectivity index (χ1v) is 14.0. The van der Waals surface area contributed by atoms with E-state index in [0.29, 0.717) is 30.6 Å². The second-order valence-corrected chi connectivity index (χ2v) is 11.6. The Morgan fingerprint density at radius 2 is 1.97 bits per heavy atom. The van der Waals surface area contributed by atoms with Crippen LogP contribution in [0.25, 0.3) is 0 Å². The molecule has 0 saturated heterocycles. The van der Waals surface area contributed by atoms with E-state index >= 15 is 0 Å². The highest BCUT2D eigenvalue weighted by Gasteiger charge is 2.28. The number of anilines is 1. The molecule has 37 heavy (non-hydrogen) atoms. The number of imidazole rings is 1. The molecule has 2 atom stereocenters. The first-order valence-electron chi connectivity index (χ1n) is 14.0. The van der Waals surface area contributed by atoms with Crippen LogP contribution in [0.5, 0.6) is 0 Å². The zero-order valence-electron chi connectivity index (χ0n) is 22.6. The van der Waals surface area contributed by atoms with Crippen LogP contribution in [0.4, 0.5) is 14.6 Å². The molecule has 2 aliphatic carbocycles. The average molecular weight is 516 g/mol. The molecule has 0 aliphatic heterocycles. The summed E-state index contributed by atoms with van der Waals surface area (Å²) < 4.78 is 30.0. The molecule has 3 N–H and O–H groups in total. The van der Waals surface area contributed by atoms with Crippen molar-refractivity contribution < 1.29 is 13.6 Å². The minimum absolute atomic E-state index is 0.0403. The summed E-state index contributed by atoms with van der Waals surface area (Å²) in [6, 6.07) is 1.92. The molecule has 6 nitrogen and oxygen atoms in total. The predicted octanol–water partition coefficient (Wildman–Crippen LogP) is 5.32. The highest BCUT2D eigenvalue weighted by atomic mass is 19.1. The van der Waals surface area contributed by atoms with E-state index in [2.05, 4.69) is 39.3 Å².